The number of carbonyl (C=O) groups excluding carboxylic acids is 1. The summed E-state index contributed by atoms with van der Waals surface area (Å²) in [6.45, 7) is 8.11. The molecule has 0 radical (unpaired) electrons. The molecular formula is C13H17NO2. The highest BCUT2D eigenvalue weighted by atomic mass is 16.2. The summed E-state index contributed by atoms with van der Waals surface area (Å²) >= 11 is 0. The van der Waals surface area contributed by atoms with Crippen molar-refractivity contribution in [2.75, 3.05) is 6.61 Å². The minimum absolute atomic E-state index is 0.250. The van der Waals surface area contributed by atoms with Gasteiger partial charge in [0, 0.05) is 6.61 Å². The third-order valence-electron chi connectivity index (χ3n) is 1.75. The molecule has 3 heteroatoms. The SMILES string of the molecule is C=C(C)c1cccc(CN=C=O)c1.CCO. The molecule has 0 unspecified atom stereocenters. The van der Waals surface area contributed by atoms with Crippen LogP contribution < -0.4 is 0 Å². The molecule has 0 aromatic heterocycles. The summed E-state index contributed by atoms with van der Waals surface area (Å²) in [6, 6.07) is 7.81. The zero-order valence-electron chi connectivity index (χ0n) is 9.73. The summed E-state index contributed by atoms with van der Waals surface area (Å²) in [4.78, 5) is 13.4. The molecule has 16 heavy (non-hydrogen) atoms. The average Bonchev–Trinajstić information content (AvgIpc) is 2.28. The van der Waals surface area contributed by atoms with Crippen LogP contribution >= 0.6 is 0 Å². The van der Waals surface area contributed by atoms with Crippen LogP contribution in [0.15, 0.2) is 35.8 Å². The standard InChI is InChI=1S/C11H11NO.C2H6O/c1-9(2)11-5-3-4-10(6-11)7-12-8-13;1-2-3/h3-6H,1,7H2,2H3;3H,2H2,1H3. The molecule has 0 saturated heterocycles. The number of aliphatic hydroxyl groups excluding tert-OH is 1. The van der Waals surface area contributed by atoms with Gasteiger partial charge in [0.25, 0.3) is 0 Å². The van der Waals surface area contributed by atoms with Gasteiger partial charge in [-0.2, -0.15) is 0 Å². The van der Waals surface area contributed by atoms with Gasteiger partial charge in [-0.3, -0.25) is 0 Å². The molecule has 0 aliphatic carbocycles. The lowest BCUT2D eigenvalue weighted by Gasteiger charge is -2.01. The van der Waals surface area contributed by atoms with Crippen molar-refractivity contribution in [3.8, 4) is 0 Å². The predicted octanol–water partition coefficient (Wildman–Crippen LogP) is 2.55. The van der Waals surface area contributed by atoms with Crippen LogP contribution in [0, 0.1) is 0 Å². The van der Waals surface area contributed by atoms with Crippen LogP contribution in [0.4, 0.5) is 0 Å². The molecule has 0 heterocycles. The summed E-state index contributed by atoms with van der Waals surface area (Å²) in [5, 5.41) is 7.57. The van der Waals surface area contributed by atoms with Gasteiger partial charge in [-0.05, 0) is 31.0 Å². The highest BCUT2D eigenvalue weighted by molar-refractivity contribution is 5.61. The first-order valence-electron chi connectivity index (χ1n) is 5.05. The van der Waals surface area contributed by atoms with Crippen molar-refractivity contribution < 1.29 is 9.90 Å². The molecule has 0 aliphatic heterocycles. The molecule has 0 fully saturated rings. The number of rotatable bonds is 3. The van der Waals surface area contributed by atoms with E-state index >= 15 is 0 Å². The van der Waals surface area contributed by atoms with E-state index in [0.29, 0.717) is 6.54 Å². The van der Waals surface area contributed by atoms with Gasteiger partial charge in [-0.25, -0.2) is 9.79 Å². The summed E-state index contributed by atoms with van der Waals surface area (Å²) in [6.07, 6.45) is 1.52. The predicted molar refractivity (Wildman–Crippen MR) is 65.7 cm³/mol. The van der Waals surface area contributed by atoms with E-state index in [4.69, 9.17) is 5.11 Å². The number of aliphatic hydroxyl groups is 1. The molecule has 86 valence electrons. The van der Waals surface area contributed by atoms with Crippen molar-refractivity contribution in [1.82, 2.24) is 0 Å². The lowest BCUT2D eigenvalue weighted by Crippen LogP contribution is -1.84. The van der Waals surface area contributed by atoms with Gasteiger partial charge in [0.1, 0.15) is 0 Å². The largest absolute Gasteiger partial charge is 0.397 e. The Balaban J connectivity index is 0.000000673. The van der Waals surface area contributed by atoms with Gasteiger partial charge in [0.15, 0.2) is 0 Å². The first kappa shape index (κ1) is 14.3. The summed E-state index contributed by atoms with van der Waals surface area (Å²) in [7, 11) is 0. The number of hydrogen-bond acceptors (Lipinski definition) is 3. The van der Waals surface area contributed by atoms with Gasteiger partial charge in [-0.15, -0.1) is 0 Å². The van der Waals surface area contributed by atoms with E-state index in [1.165, 1.54) is 6.08 Å². The van der Waals surface area contributed by atoms with Crippen molar-refractivity contribution in [3.63, 3.8) is 0 Å². The maximum atomic E-state index is 9.89. The third-order valence-corrected chi connectivity index (χ3v) is 1.75. The zero-order chi connectivity index (χ0) is 12.4. The first-order valence-corrected chi connectivity index (χ1v) is 5.05. The van der Waals surface area contributed by atoms with Crippen LogP contribution in [-0.4, -0.2) is 17.8 Å². The second kappa shape index (κ2) is 8.60. The van der Waals surface area contributed by atoms with Crippen LogP contribution in [0.2, 0.25) is 0 Å². The van der Waals surface area contributed by atoms with E-state index < -0.39 is 0 Å². The van der Waals surface area contributed by atoms with Crippen LogP contribution in [0.5, 0.6) is 0 Å². The van der Waals surface area contributed by atoms with E-state index in [1.807, 2.05) is 31.2 Å². The maximum absolute atomic E-state index is 9.89. The number of hydrogen-bond donors (Lipinski definition) is 1. The Morgan fingerprint density at radius 3 is 2.69 bits per heavy atom. The van der Waals surface area contributed by atoms with Crippen LogP contribution in [0.1, 0.15) is 25.0 Å². The minimum Gasteiger partial charge on any atom is -0.397 e. The van der Waals surface area contributed by atoms with E-state index in [1.54, 1.807) is 6.92 Å². The Morgan fingerprint density at radius 1 is 1.56 bits per heavy atom. The van der Waals surface area contributed by atoms with E-state index in [9.17, 15) is 4.79 Å². The molecule has 0 atom stereocenters. The lowest BCUT2D eigenvalue weighted by atomic mass is 10.1. The molecular weight excluding hydrogens is 202 g/mol. The highest BCUT2D eigenvalue weighted by Gasteiger charge is 1.94. The molecule has 1 N–H and O–H groups in total. The van der Waals surface area contributed by atoms with Crippen LogP contribution in [-0.2, 0) is 11.3 Å². The van der Waals surface area contributed by atoms with Crippen LogP contribution in [0.25, 0.3) is 5.57 Å². The van der Waals surface area contributed by atoms with Gasteiger partial charge >= 0.3 is 0 Å². The van der Waals surface area contributed by atoms with E-state index in [-0.39, 0.29) is 6.61 Å². The number of benzene rings is 1. The minimum atomic E-state index is 0.250. The molecule has 0 spiro atoms. The van der Waals surface area contributed by atoms with Gasteiger partial charge in [0.05, 0.1) is 6.54 Å². The smallest absolute Gasteiger partial charge is 0.235 e. The van der Waals surface area contributed by atoms with Crippen molar-refractivity contribution in [3.05, 3.63) is 42.0 Å². The molecule has 1 rings (SSSR count). The Morgan fingerprint density at radius 2 is 2.19 bits per heavy atom. The Labute approximate surface area is 96.2 Å². The quantitative estimate of drug-likeness (QED) is 0.627. The fraction of sp³-hybridized carbons (Fsp3) is 0.308. The summed E-state index contributed by atoms with van der Waals surface area (Å²) in [5.41, 5.74) is 3.10. The lowest BCUT2D eigenvalue weighted by molar-refractivity contribution is 0.318. The monoisotopic (exact) mass is 219 g/mol. The van der Waals surface area contributed by atoms with Crippen molar-refractivity contribution in [1.29, 1.82) is 0 Å². The van der Waals surface area contributed by atoms with E-state index in [0.717, 1.165) is 16.7 Å². The van der Waals surface area contributed by atoms with Gasteiger partial charge in [-0.1, -0.05) is 30.4 Å². The average molecular weight is 219 g/mol. The van der Waals surface area contributed by atoms with Crippen molar-refractivity contribution in [2.45, 2.75) is 20.4 Å². The summed E-state index contributed by atoms with van der Waals surface area (Å²) in [5.74, 6) is 0. The van der Waals surface area contributed by atoms with Crippen molar-refractivity contribution >= 4 is 11.7 Å². The van der Waals surface area contributed by atoms with Gasteiger partial charge in [0.2, 0.25) is 6.08 Å². The number of isocyanates is 1. The fourth-order valence-electron chi connectivity index (χ4n) is 1.06. The number of allylic oxidation sites excluding steroid dienone is 1. The second-order valence-corrected chi connectivity index (χ2v) is 3.20. The maximum Gasteiger partial charge on any atom is 0.235 e. The van der Waals surface area contributed by atoms with E-state index in [2.05, 4.69) is 11.6 Å². The van der Waals surface area contributed by atoms with Crippen LogP contribution in [0.3, 0.4) is 0 Å². The molecule has 0 aliphatic rings. The highest BCUT2D eigenvalue weighted by Crippen LogP contribution is 2.13. The Kier molecular flexibility index (Phi) is 7.68. The van der Waals surface area contributed by atoms with Crippen molar-refractivity contribution in [2.24, 2.45) is 4.99 Å². The summed E-state index contributed by atoms with van der Waals surface area (Å²) < 4.78 is 0. The normalized spacial score (nSPS) is 8.44. The Hall–Kier alpha value is -1.70. The Bertz CT molecular complexity index is 379. The molecule has 0 saturated carbocycles. The topological polar surface area (TPSA) is 49.7 Å². The first-order chi connectivity index (χ1) is 7.65. The molecule has 1 aromatic carbocycles. The second-order valence-electron chi connectivity index (χ2n) is 3.20. The third kappa shape index (κ3) is 5.91. The number of nitrogens with zero attached hydrogens (tertiary/aromatic N) is 1. The number of aliphatic imine (C=N–C) groups is 1. The molecule has 3 nitrogen and oxygen atoms in total. The zero-order valence-corrected chi connectivity index (χ0v) is 9.73. The van der Waals surface area contributed by atoms with Gasteiger partial charge < -0.3 is 5.11 Å². The molecule has 0 amide bonds. The molecule has 1 aromatic rings. The fourth-order valence-corrected chi connectivity index (χ4v) is 1.06. The molecule has 0 bridgehead atoms.